The molecule has 1 aromatic carbocycles. The van der Waals surface area contributed by atoms with Crippen molar-refractivity contribution in [3.8, 4) is 0 Å². The number of benzene rings is 1. The molecular formula is C16H23N3O4. The van der Waals surface area contributed by atoms with E-state index < -0.39 is 10.5 Å². The Bertz CT molecular complexity index is 570. The molecule has 1 aliphatic rings. The van der Waals surface area contributed by atoms with Gasteiger partial charge in [0.1, 0.15) is 5.69 Å². The number of hydrogen-bond acceptors (Lipinski definition) is 5. The fraction of sp³-hybridized carbons (Fsp3) is 0.562. The highest BCUT2D eigenvalue weighted by atomic mass is 16.6. The molecule has 7 heteroatoms. The van der Waals surface area contributed by atoms with Crippen LogP contribution in [0.4, 0.5) is 11.4 Å². The zero-order valence-electron chi connectivity index (χ0n) is 13.3. The van der Waals surface area contributed by atoms with E-state index in [0.29, 0.717) is 18.8 Å². The monoisotopic (exact) mass is 321 g/mol. The number of nitrogens with one attached hydrogen (secondary N) is 1. The summed E-state index contributed by atoms with van der Waals surface area (Å²) in [6, 6.07) is 6.35. The molecule has 0 spiro atoms. The van der Waals surface area contributed by atoms with Crippen molar-refractivity contribution in [2.75, 3.05) is 25.5 Å². The Morgan fingerprint density at radius 3 is 2.70 bits per heavy atom. The van der Waals surface area contributed by atoms with Crippen molar-refractivity contribution in [3.63, 3.8) is 0 Å². The highest BCUT2D eigenvalue weighted by Crippen LogP contribution is 2.30. The van der Waals surface area contributed by atoms with Crippen molar-refractivity contribution < 1.29 is 14.8 Å². The van der Waals surface area contributed by atoms with E-state index in [1.54, 1.807) is 30.1 Å². The predicted molar refractivity (Wildman–Crippen MR) is 87.3 cm³/mol. The number of nitrogens with zero attached hydrogens (tertiary/aromatic N) is 2. The second-order valence-electron chi connectivity index (χ2n) is 6.13. The summed E-state index contributed by atoms with van der Waals surface area (Å²) in [7, 11) is 1.68. The fourth-order valence-corrected chi connectivity index (χ4v) is 3.00. The number of nitro benzene ring substituents is 1. The number of rotatable bonds is 7. The van der Waals surface area contributed by atoms with E-state index in [1.165, 1.54) is 6.07 Å². The second kappa shape index (κ2) is 7.41. The maximum Gasteiger partial charge on any atom is 0.292 e. The number of aliphatic hydroxyl groups is 1. The summed E-state index contributed by atoms with van der Waals surface area (Å²) in [5, 5.41) is 24.2. The molecule has 2 N–H and O–H groups in total. The third-order valence-corrected chi connectivity index (χ3v) is 4.25. The minimum Gasteiger partial charge on any atom is -0.388 e. The molecule has 0 bridgehead atoms. The first-order valence-corrected chi connectivity index (χ1v) is 7.85. The molecule has 0 atom stereocenters. The number of amides is 1. The number of carbonyl (C=O) groups is 1. The minimum atomic E-state index is -0.754. The lowest BCUT2D eigenvalue weighted by molar-refractivity contribution is -0.384. The Hall–Kier alpha value is -2.15. The van der Waals surface area contributed by atoms with E-state index in [4.69, 9.17) is 0 Å². The van der Waals surface area contributed by atoms with Crippen LogP contribution < -0.4 is 5.32 Å². The van der Waals surface area contributed by atoms with Gasteiger partial charge in [0.05, 0.1) is 10.5 Å². The molecule has 1 amide bonds. The Labute approximate surface area is 135 Å². The Morgan fingerprint density at radius 2 is 2.04 bits per heavy atom. The summed E-state index contributed by atoms with van der Waals surface area (Å²) in [6.07, 6.45) is 3.69. The second-order valence-corrected chi connectivity index (χ2v) is 6.13. The van der Waals surface area contributed by atoms with Gasteiger partial charge in [-0.1, -0.05) is 25.0 Å². The molecule has 2 rings (SSSR count). The van der Waals surface area contributed by atoms with Crippen LogP contribution in [0.15, 0.2) is 24.3 Å². The summed E-state index contributed by atoms with van der Waals surface area (Å²) in [5.41, 5.74) is -0.355. The van der Waals surface area contributed by atoms with E-state index >= 15 is 0 Å². The summed E-state index contributed by atoms with van der Waals surface area (Å²) in [6.45, 7) is 0.657. The fourth-order valence-electron chi connectivity index (χ4n) is 3.00. The molecule has 0 unspecified atom stereocenters. The van der Waals surface area contributed by atoms with Gasteiger partial charge in [0.25, 0.3) is 5.69 Å². The number of likely N-dealkylation sites (N-methyl/N-ethyl adjacent to an activating group) is 1. The maximum atomic E-state index is 12.1. The van der Waals surface area contributed by atoms with Crippen LogP contribution in [0, 0.1) is 10.1 Å². The molecule has 0 aromatic heterocycles. The van der Waals surface area contributed by atoms with E-state index in [2.05, 4.69) is 5.32 Å². The molecule has 1 saturated carbocycles. The quantitative estimate of drug-likeness (QED) is 0.592. The third-order valence-electron chi connectivity index (χ3n) is 4.25. The molecule has 0 aliphatic heterocycles. The van der Waals surface area contributed by atoms with Gasteiger partial charge in [-0.15, -0.1) is 0 Å². The number of para-hydroxylation sites is 2. The highest BCUT2D eigenvalue weighted by Gasteiger charge is 2.33. The Morgan fingerprint density at radius 1 is 1.39 bits per heavy atom. The average molecular weight is 321 g/mol. The van der Waals surface area contributed by atoms with Crippen LogP contribution in [0.1, 0.15) is 32.1 Å². The SMILES string of the molecule is CN(CC1(O)CCCC1)C(=O)CCNc1ccccc1[N+](=O)[O-]. The van der Waals surface area contributed by atoms with Crippen LogP contribution in [-0.4, -0.2) is 46.6 Å². The maximum absolute atomic E-state index is 12.1. The van der Waals surface area contributed by atoms with Crippen LogP contribution in [0.2, 0.25) is 0 Å². The first-order chi connectivity index (χ1) is 10.9. The minimum absolute atomic E-state index is 0.00595. The number of nitro groups is 1. The van der Waals surface area contributed by atoms with Crippen molar-refractivity contribution >= 4 is 17.3 Å². The lowest BCUT2D eigenvalue weighted by Crippen LogP contribution is -2.42. The topological polar surface area (TPSA) is 95.7 Å². The first kappa shape index (κ1) is 17.2. The lowest BCUT2D eigenvalue weighted by atomic mass is 10.0. The predicted octanol–water partition coefficient (Wildman–Crippen LogP) is 2.16. The highest BCUT2D eigenvalue weighted by molar-refractivity contribution is 5.76. The van der Waals surface area contributed by atoms with E-state index in [9.17, 15) is 20.0 Å². The smallest absolute Gasteiger partial charge is 0.292 e. The van der Waals surface area contributed by atoms with Crippen molar-refractivity contribution in [2.45, 2.75) is 37.7 Å². The van der Waals surface area contributed by atoms with E-state index in [-0.39, 0.29) is 18.0 Å². The number of carbonyl (C=O) groups excluding carboxylic acids is 1. The van der Waals surface area contributed by atoms with Gasteiger partial charge < -0.3 is 15.3 Å². The molecule has 1 aromatic rings. The van der Waals surface area contributed by atoms with Gasteiger partial charge in [0, 0.05) is 32.6 Å². The van der Waals surface area contributed by atoms with Crippen LogP contribution >= 0.6 is 0 Å². The summed E-state index contributed by atoms with van der Waals surface area (Å²) >= 11 is 0. The standard InChI is InChI=1S/C16H23N3O4/c1-18(12-16(21)9-4-5-10-16)15(20)8-11-17-13-6-2-3-7-14(13)19(22)23/h2-3,6-7,17,21H,4-5,8-12H2,1H3. The number of anilines is 1. The van der Waals surface area contributed by atoms with Gasteiger partial charge in [-0.3, -0.25) is 14.9 Å². The number of hydrogen-bond donors (Lipinski definition) is 2. The average Bonchev–Trinajstić information content (AvgIpc) is 2.93. The van der Waals surface area contributed by atoms with Crippen molar-refractivity contribution in [1.29, 1.82) is 0 Å². The Kier molecular flexibility index (Phi) is 5.54. The summed E-state index contributed by atoms with van der Waals surface area (Å²) in [4.78, 5) is 24.1. The molecule has 0 heterocycles. The zero-order valence-corrected chi connectivity index (χ0v) is 13.3. The van der Waals surface area contributed by atoms with E-state index in [1.807, 2.05) is 0 Å². The largest absolute Gasteiger partial charge is 0.388 e. The normalized spacial score (nSPS) is 16.1. The Balaban J connectivity index is 1.81. The van der Waals surface area contributed by atoms with Gasteiger partial charge in [0.2, 0.25) is 5.91 Å². The van der Waals surface area contributed by atoms with Crippen molar-refractivity contribution in [1.82, 2.24) is 4.90 Å². The first-order valence-electron chi connectivity index (χ1n) is 7.85. The van der Waals surface area contributed by atoms with Gasteiger partial charge in [-0.25, -0.2) is 0 Å². The van der Waals surface area contributed by atoms with Gasteiger partial charge >= 0.3 is 0 Å². The third kappa shape index (κ3) is 4.66. The lowest BCUT2D eigenvalue weighted by Gasteiger charge is -2.28. The van der Waals surface area contributed by atoms with Crippen LogP contribution in [-0.2, 0) is 4.79 Å². The molecule has 1 fully saturated rings. The molecule has 7 nitrogen and oxygen atoms in total. The van der Waals surface area contributed by atoms with Crippen molar-refractivity contribution in [3.05, 3.63) is 34.4 Å². The molecule has 126 valence electrons. The molecule has 0 radical (unpaired) electrons. The summed E-state index contributed by atoms with van der Waals surface area (Å²) in [5.74, 6) is -0.0867. The molecular weight excluding hydrogens is 298 g/mol. The molecule has 1 aliphatic carbocycles. The van der Waals surface area contributed by atoms with Crippen LogP contribution in [0.25, 0.3) is 0 Å². The summed E-state index contributed by atoms with van der Waals surface area (Å²) < 4.78 is 0. The van der Waals surface area contributed by atoms with Crippen LogP contribution in [0.3, 0.4) is 0 Å². The molecule has 0 saturated heterocycles. The van der Waals surface area contributed by atoms with Gasteiger partial charge in [-0.2, -0.15) is 0 Å². The zero-order chi connectivity index (χ0) is 16.9. The van der Waals surface area contributed by atoms with Crippen LogP contribution in [0.5, 0.6) is 0 Å². The molecule has 23 heavy (non-hydrogen) atoms. The van der Waals surface area contributed by atoms with Gasteiger partial charge in [0.15, 0.2) is 0 Å². The van der Waals surface area contributed by atoms with Gasteiger partial charge in [-0.05, 0) is 18.9 Å². The van der Waals surface area contributed by atoms with E-state index in [0.717, 1.165) is 25.7 Å². The van der Waals surface area contributed by atoms with Crippen molar-refractivity contribution in [2.24, 2.45) is 0 Å².